The summed E-state index contributed by atoms with van der Waals surface area (Å²) in [6.45, 7) is 0.619. The normalized spacial score (nSPS) is 10.8. The lowest BCUT2D eigenvalue weighted by molar-refractivity contribution is 0.0726. The number of benzene rings is 4. The highest BCUT2D eigenvalue weighted by Crippen LogP contribution is 2.26. The van der Waals surface area contributed by atoms with Gasteiger partial charge in [0.1, 0.15) is 11.6 Å². The number of methoxy groups -OCH3 is 1. The SMILES string of the molecule is COc1ccc(CN(Cc2cccc3ccccc23)C(=O)c2c(F)cccc2Cl)cc1. The highest BCUT2D eigenvalue weighted by atomic mass is 35.5. The average Bonchev–Trinajstić information content (AvgIpc) is 2.79. The van der Waals surface area contributed by atoms with Gasteiger partial charge in [0.15, 0.2) is 0 Å². The standard InChI is InChI=1S/C26H21ClFNO2/c1-31-21-14-12-18(13-15-21)16-29(26(30)25-23(27)10-5-11-24(25)28)17-20-8-4-7-19-6-2-3-9-22(19)20/h2-15H,16-17H2,1H3. The summed E-state index contributed by atoms with van der Waals surface area (Å²) in [6, 6.07) is 25.7. The third kappa shape index (κ3) is 4.54. The molecule has 0 bridgehead atoms. The van der Waals surface area contributed by atoms with Gasteiger partial charge in [-0.1, -0.05) is 72.3 Å². The van der Waals surface area contributed by atoms with E-state index in [0.29, 0.717) is 13.1 Å². The molecule has 156 valence electrons. The molecule has 0 atom stereocenters. The molecule has 0 unspecified atom stereocenters. The van der Waals surface area contributed by atoms with Crippen molar-refractivity contribution in [3.05, 3.63) is 112 Å². The second-order valence-electron chi connectivity index (χ2n) is 7.24. The summed E-state index contributed by atoms with van der Waals surface area (Å²) in [4.78, 5) is 15.1. The van der Waals surface area contributed by atoms with E-state index < -0.39 is 11.7 Å². The fraction of sp³-hybridized carbons (Fsp3) is 0.115. The maximum Gasteiger partial charge on any atom is 0.258 e. The van der Waals surface area contributed by atoms with Gasteiger partial charge >= 0.3 is 0 Å². The van der Waals surface area contributed by atoms with Crippen LogP contribution in [0.25, 0.3) is 10.8 Å². The third-order valence-electron chi connectivity index (χ3n) is 5.24. The molecule has 4 aromatic carbocycles. The highest BCUT2D eigenvalue weighted by molar-refractivity contribution is 6.33. The molecule has 1 amide bonds. The van der Waals surface area contributed by atoms with Crippen LogP contribution in [-0.4, -0.2) is 17.9 Å². The minimum atomic E-state index is -0.629. The summed E-state index contributed by atoms with van der Waals surface area (Å²) < 4.78 is 19.8. The van der Waals surface area contributed by atoms with Gasteiger partial charge in [-0.15, -0.1) is 0 Å². The molecule has 3 nitrogen and oxygen atoms in total. The van der Waals surface area contributed by atoms with Crippen molar-refractivity contribution in [2.75, 3.05) is 7.11 Å². The zero-order chi connectivity index (χ0) is 21.8. The van der Waals surface area contributed by atoms with Crippen molar-refractivity contribution in [3.63, 3.8) is 0 Å². The predicted molar refractivity (Wildman–Crippen MR) is 122 cm³/mol. The molecule has 0 fully saturated rings. The monoisotopic (exact) mass is 433 g/mol. The first kappa shape index (κ1) is 20.9. The Morgan fingerprint density at radius 3 is 2.35 bits per heavy atom. The smallest absolute Gasteiger partial charge is 0.258 e. The highest BCUT2D eigenvalue weighted by Gasteiger charge is 2.23. The lowest BCUT2D eigenvalue weighted by Crippen LogP contribution is -2.31. The van der Waals surface area contributed by atoms with Gasteiger partial charge in [-0.3, -0.25) is 4.79 Å². The van der Waals surface area contributed by atoms with Crippen LogP contribution in [0.15, 0.2) is 84.9 Å². The molecule has 0 saturated heterocycles. The summed E-state index contributed by atoms with van der Waals surface area (Å²) >= 11 is 6.21. The second-order valence-corrected chi connectivity index (χ2v) is 7.65. The van der Waals surface area contributed by atoms with Crippen LogP contribution in [0.1, 0.15) is 21.5 Å². The maximum absolute atomic E-state index is 14.5. The van der Waals surface area contributed by atoms with E-state index in [1.807, 2.05) is 66.7 Å². The van der Waals surface area contributed by atoms with Crippen LogP contribution in [0.2, 0.25) is 5.02 Å². The Morgan fingerprint density at radius 1 is 0.903 bits per heavy atom. The van der Waals surface area contributed by atoms with Crippen LogP contribution in [0.5, 0.6) is 5.75 Å². The van der Waals surface area contributed by atoms with E-state index in [1.54, 1.807) is 12.0 Å². The Labute approximate surface area is 185 Å². The van der Waals surface area contributed by atoms with Crippen molar-refractivity contribution in [2.45, 2.75) is 13.1 Å². The van der Waals surface area contributed by atoms with Crippen LogP contribution in [0.3, 0.4) is 0 Å². The molecule has 0 aliphatic heterocycles. The first-order chi connectivity index (χ1) is 15.1. The number of carbonyl (C=O) groups excluding carboxylic acids is 1. The number of halogens is 2. The van der Waals surface area contributed by atoms with E-state index in [2.05, 4.69) is 0 Å². The topological polar surface area (TPSA) is 29.5 Å². The molecule has 0 N–H and O–H groups in total. The van der Waals surface area contributed by atoms with Crippen molar-refractivity contribution in [1.82, 2.24) is 4.90 Å². The third-order valence-corrected chi connectivity index (χ3v) is 5.55. The summed E-state index contributed by atoms with van der Waals surface area (Å²) in [5.74, 6) is -0.352. The number of hydrogen-bond acceptors (Lipinski definition) is 2. The Kier molecular flexibility index (Phi) is 6.19. The Balaban J connectivity index is 1.73. The summed E-state index contributed by atoms with van der Waals surface area (Å²) in [7, 11) is 1.60. The van der Waals surface area contributed by atoms with Crippen LogP contribution in [-0.2, 0) is 13.1 Å². The summed E-state index contributed by atoms with van der Waals surface area (Å²) in [5, 5.41) is 2.24. The van der Waals surface area contributed by atoms with Gasteiger partial charge in [0.05, 0.1) is 17.7 Å². The molecular weight excluding hydrogens is 413 g/mol. The van der Waals surface area contributed by atoms with Gasteiger partial charge < -0.3 is 9.64 Å². The van der Waals surface area contributed by atoms with Crippen LogP contribution in [0, 0.1) is 5.82 Å². The van der Waals surface area contributed by atoms with Crippen molar-refractivity contribution in [2.24, 2.45) is 0 Å². The minimum Gasteiger partial charge on any atom is -0.497 e. The largest absolute Gasteiger partial charge is 0.497 e. The van der Waals surface area contributed by atoms with E-state index in [0.717, 1.165) is 27.6 Å². The van der Waals surface area contributed by atoms with E-state index >= 15 is 0 Å². The molecule has 0 spiro atoms. The number of rotatable bonds is 6. The molecule has 31 heavy (non-hydrogen) atoms. The molecule has 0 aliphatic rings. The number of amides is 1. The number of carbonyl (C=O) groups is 1. The molecule has 0 saturated carbocycles. The first-order valence-corrected chi connectivity index (χ1v) is 10.3. The fourth-order valence-electron chi connectivity index (χ4n) is 3.65. The van der Waals surface area contributed by atoms with Crippen LogP contribution in [0.4, 0.5) is 4.39 Å². The van der Waals surface area contributed by atoms with Gasteiger partial charge in [0.2, 0.25) is 0 Å². The molecule has 0 radical (unpaired) electrons. The van der Waals surface area contributed by atoms with E-state index in [4.69, 9.17) is 16.3 Å². The average molecular weight is 434 g/mol. The predicted octanol–water partition coefficient (Wildman–Crippen LogP) is 6.48. The van der Waals surface area contributed by atoms with E-state index in [9.17, 15) is 9.18 Å². The van der Waals surface area contributed by atoms with Crippen molar-refractivity contribution in [1.29, 1.82) is 0 Å². The minimum absolute atomic E-state index is 0.0997. The molecule has 4 aromatic rings. The molecule has 4 rings (SSSR count). The Bertz CT molecular complexity index is 1200. The Hall–Kier alpha value is -3.37. The molecular formula is C26H21ClFNO2. The van der Waals surface area contributed by atoms with E-state index in [1.165, 1.54) is 18.2 Å². The van der Waals surface area contributed by atoms with Gasteiger partial charge in [-0.05, 0) is 46.2 Å². The van der Waals surface area contributed by atoms with Gasteiger partial charge in [0.25, 0.3) is 5.91 Å². The van der Waals surface area contributed by atoms with Crippen LogP contribution < -0.4 is 4.74 Å². The second kappa shape index (κ2) is 9.19. The van der Waals surface area contributed by atoms with Crippen molar-refractivity contribution in [3.8, 4) is 5.75 Å². The quantitative estimate of drug-likeness (QED) is 0.348. The molecule has 0 aromatic heterocycles. The van der Waals surface area contributed by atoms with Crippen molar-refractivity contribution >= 4 is 28.3 Å². The zero-order valence-electron chi connectivity index (χ0n) is 17.0. The number of nitrogens with zero attached hydrogens (tertiary/aromatic N) is 1. The molecule has 0 aliphatic carbocycles. The molecule has 0 heterocycles. The summed E-state index contributed by atoms with van der Waals surface area (Å²) in [5.41, 5.74) is 1.77. The van der Waals surface area contributed by atoms with Gasteiger partial charge in [-0.2, -0.15) is 0 Å². The number of ether oxygens (including phenoxy) is 1. The zero-order valence-corrected chi connectivity index (χ0v) is 17.8. The van der Waals surface area contributed by atoms with Crippen LogP contribution >= 0.6 is 11.6 Å². The summed E-state index contributed by atoms with van der Waals surface area (Å²) in [6.07, 6.45) is 0. The maximum atomic E-state index is 14.5. The lowest BCUT2D eigenvalue weighted by Gasteiger charge is -2.25. The van der Waals surface area contributed by atoms with Crippen molar-refractivity contribution < 1.29 is 13.9 Å². The number of hydrogen-bond donors (Lipinski definition) is 0. The van der Waals surface area contributed by atoms with Gasteiger partial charge in [-0.25, -0.2) is 4.39 Å². The first-order valence-electron chi connectivity index (χ1n) is 9.89. The van der Waals surface area contributed by atoms with E-state index in [-0.39, 0.29) is 10.6 Å². The van der Waals surface area contributed by atoms with Gasteiger partial charge in [0, 0.05) is 13.1 Å². The molecule has 5 heteroatoms. The lowest BCUT2D eigenvalue weighted by atomic mass is 10.0. The number of fused-ring (bicyclic) bond motifs is 1. The Morgan fingerprint density at radius 2 is 1.61 bits per heavy atom. The fourth-order valence-corrected chi connectivity index (χ4v) is 3.89.